The van der Waals surface area contributed by atoms with Crippen LogP contribution >= 0.6 is 11.6 Å². The number of benzene rings is 1. The summed E-state index contributed by atoms with van der Waals surface area (Å²) >= 11 is 6.14. The first-order valence-electron chi connectivity index (χ1n) is 6.59. The first-order valence-corrected chi connectivity index (χ1v) is 6.96. The Labute approximate surface area is 132 Å². The molecule has 0 aliphatic carbocycles. The lowest BCUT2D eigenvalue weighted by atomic mass is 10.0. The summed E-state index contributed by atoms with van der Waals surface area (Å²) in [6.45, 7) is 0.377. The van der Waals surface area contributed by atoms with Gasteiger partial charge in [-0.3, -0.25) is 4.98 Å². The second kappa shape index (κ2) is 6.05. The first-order chi connectivity index (χ1) is 10.7. The van der Waals surface area contributed by atoms with Crippen LogP contribution in [-0.4, -0.2) is 20.2 Å². The normalized spacial score (nSPS) is 10.6. The molecule has 0 atom stereocenters. The van der Waals surface area contributed by atoms with Crippen molar-refractivity contribution in [3.05, 3.63) is 53.2 Å². The monoisotopic (exact) mass is 312 g/mol. The minimum absolute atomic E-state index is 0.0884. The average molecular weight is 313 g/mol. The zero-order chi connectivity index (χ0) is 15.5. The minimum Gasteiger partial charge on any atom is -0.366 e. The highest BCUT2D eigenvalue weighted by Gasteiger charge is 2.14. The first kappa shape index (κ1) is 14.4. The minimum atomic E-state index is 0.0884. The fourth-order valence-electron chi connectivity index (χ4n) is 2.12. The molecular weight excluding hydrogens is 300 g/mol. The summed E-state index contributed by atoms with van der Waals surface area (Å²) in [5, 5.41) is 8.58. The highest BCUT2D eigenvalue weighted by molar-refractivity contribution is 6.31. The Hall–Kier alpha value is -2.57. The summed E-state index contributed by atoms with van der Waals surface area (Å²) in [7, 11) is 0. The van der Waals surface area contributed by atoms with E-state index in [0.717, 1.165) is 11.1 Å². The van der Waals surface area contributed by atoms with E-state index in [4.69, 9.17) is 23.1 Å². The Morgan fingerprint density at radius 1 is 1.05 bits per heavy atom. The van der Waals surface area contributed by atoms with E-state index in [-0.39, 0.29) is 5.95 Å². The van der Waals surface area contributed by atoms with Crippen molar-refractivity contribution in [3.63, 3.8) is 0 Å². The highest BCUT2D eigenvalue weighted by atomic mass is 35.5. The third-order valence-corrected chi connectivity index (χ3v) is 3.30. The molecule has 2 aromatic heterocycles. The van der Waals surface area contributed by atoms with Crippen LogP contribution in [0.4, 0.5) is 5.95 Å². The molecule has 0 aliphatic heterocycles. The molecule has 110 valence electrons. The van der Waals surface area contributed by atoms with Crippen LogP contribution in [0.25, 0.3) is 22.6 Å². The Morgan fingerprint density at radius 3 is 2.64 bits per heavy atom. The van der Waals surface area contributed by atoms with Crippen molar-refractivity contribution in [1.29, 1.82) is 0 Å². The third kappa shape index (κ3) is 2.88. The number of aromatic nitrogens is 4. The number of anilines is 1. The molecule has 0 unspecified atom stereocenters. The van der Waals surface area contributed by atoms with E-state index >= 15 is 0 Å². The summed E-state index contributed by atoms with van der Waals surface area (Å²) in [6.07, 6.45) is 1.68. The van der Waals surface area contributed by atoms with Gasteiger partial charge in [0.05, 0.1) is 5.69 Å². The van der Waals surface area contributed by atoms with Crippen molar-refractivity contribution >= 4 is 17.5 Å². The second-order valence-corrected chi connectivity index (χ2v) is 5.07. The van der Waals surface area contributed by atoms with Gasteiger partial charge in [-0.05, 0) is 35.9 Å². The van der Waals surface area contributed by atoms with E-state index in [1.54, 1.807) is 12.3 Å². The van der Waals surface area contributed by atoms with Crippen molar-refractivity contribution in [1.82, 2.24) is 20.2 Å². The van der Waals surface area contributed by atoms with Gasteiger partial charge in [-0.15, -0.1) is 10.2 Å². The molecule has 22 heavy (non-hydrogen) atoms. The smallest absolute Gasteiger partial charge is 0.240 e. The predicted octanol–water partition coefficient (Wildman–Crippen LogP) is 2.29. The molecule has 2 heterocycles. The SMILES string of the molecule is NCc1cc(Cl)cc(-c2nnc(N)nc2-c2ccccn2)c1. The zero-order valence-electron chi connectivity index (χ0n) is 11.6. The quantitative estimate of drug-likeness (QED) is 0.769. The van der Waals surface area contributed by atoms with Crippen LogP contribution in [-0.2, 0) is 6.54 Å². The Bertz CT molecular complexity index is 806. The lowest BCUT2D eigenvalue weighted by Gasteiger charge is -2.09. The van der Waals surface area contributed by atoms with Gasteiger partial charge in [-0.1, -0.05) is 17.7 Å². The molecule has 0 aliphatic rings. The molecular formula is C15H13ClN6. The van der Waals surface area contributed by atoms with Crippen molar-refractivity contribution in [2.45, 2.75) is 6.54 Å². The van der Waals surface area contributed by atoms with Crippen LogP contribution in [0.15, 0.2) is 42.6 Å². The van der Waals surface area contributed by atoms with Crippen molar-refractivity contribution in [2.24, 2.45) is 5.73 Å². The van der Waals surface area contributed by atoms with E-state index < -0.39 is 0 Å². The molecule has 0 fully saturated rings. The average Bonchev–Trinajstić information content (AvgIpc) is 2.55. The van der Waals surface area contributed by atoms with Gasteiger partial charge in [-0.25, -0.2) is 4.98 Å². The van der Waals surface area contributed by atoms with Crippen LogP contribution in [0.2, 0.25) is 5.02 Å². The number of halogens is 1. The highest BCUT2D eigenvalue weighted by Crippen LogP contribution is 2.30. The number of pyridine rings is 1. The van der Waals surface area contributed by atoms with E-state index in [1.165, 1.54) is 0 Å². The summed E-state index contributed by atoms with van der Waals surface area (Å²) in [4.78, 5) is 8.57. The summed E-state index contributed by atoms with van der Waals surface area (Å²) in [5.74, 6) is 0.0884. The Balaban J connectivity index is 2.21. The molecule has 4 N–H and O–H groups in total. The van der Waals surface area contributed by atoms with Gasteiger partial charge in [0.1, 0.15) is 11.4 Å². The summed E-state index contributed by atoms with van der Waals surface area (Å²) < 4.78 is 0. The summed E-state index contributed by atoms with van der Waals surface area (Å²) in [6, 6.07) is 11.0. The van der Waals surface area contributed by atoms with Gasteiger partial charge in [0.2, 0.25) is 5.95 Å². The molecule has 0 spiro atoms. The molecule has 6 nitrogen and oxygen atoms in total. The van der Waals surface area contributed by atoms with Gasteiger partial charge in [-0.2, -0.15) is 0 Å². The standard InChI is InChI=1S/C15H13ClN6/c16-11-6-9(8-17)5-10(7-11)13-14(20-15(18)22-21-13)12-3-1-2-4-19-12/h1-7H,8,17H2,(H2,18,20,22). The Morgan fingerprint density at radius 2 is 1.91 bits per heavy atom. The van der Waals surface area contributed by atoms with Crippen molar-refractivity contribution in [2.75, 3.05) is 5.73 Å². The van der Waals surface area contributed by atoms with E-state index in [1.807, 2.05) is 30.3 Å². The molecule has 7 heteroatoms. The van der Waals surface area contributed by atoms with Crippen LogP contribution in [0.5, 0.6) is 0 Å². The number of rotatable bonds is 3. The molecule has 0 bridgehead atoms. The maximum absolute atomic E-state index is 6.14. The molecule has 0 saturated carbocycles. The van der Waals surface area contributed by atoms with Gasteiger partial charge in [0.25, 0.3) is 0 Å². The second-order valence-electron chi connectivity index (χ2n) is 4.63. The van der Waals surface area contributed by atoms with Crippen molar-refractivity contribution in [3.8, 4) is 22.6 Å². The topological polar surface area (TPSA) is 104 Å². The number of nitrogens with two attached hydrogens (primary N) is 2. The van der Waals surface area contributed by atoms with E-state index in [0.29, 0.717) is 28.6 Å². The number of hydrogen-bond acceptors (Lipinski definition) is 6. The fourth-order valence-corrected chi connectivity index (χ4v) is 2.38. The maximum Gasteiger partial charge on any atom is 0.240 e. The van der Waals surface area contributed by atoms with Crippen molar-refractivity contribution < 1.29 is 0 Å². The van der Waals surface area contributed by atoms with Gasteiger partial charge in [0.15, 0.2) is 0 Å². The van der Waals surface area contributed by atoms with Gasteiger partial charge < -0.3 is 11.5 Å². The van der Waals surface area contributed by atoms with E-state index in [9.17, 15) is 0 Å². The van der Waals surface area contributed by atoms with Crippen LogP contribution < -0.4 is 11.5 Å². The molecule has 3 aromatic rings. The van der Waals surface area contributed by atoms with E-state index in [2.05, 4.69) is 20.2 Å². The molecule has 1 aromatic carbocycles. The van der Waals surface area contributed by atoms with Gasteiger partial charge >= 0.3 is 0 Å². The predicted molar refractivity (Wildman–Crippen MR) is 85.8 cm³/mol. The van der Waals surface area contributed by atoms with Crippen LogP contribution in [0.3, 0.4) is 0 Å². The molecule has 0 saturated heterocycles. The van der Waals surface area contributed by atoms with Crippen LogP contribution in [0, 0.1) is 0 Å². The Kier molecular flexibility index (Phi) is 3.95. The number of hydrogen-bond donors (Lipinski definition) is 2. The lowest BCUT2D eigenvalue weighted by molar-refractivity contribution is 0.991. The summed E-state index contributed by atoms with van der Waals surface area (Å²) in [5.41, 5.74) is 14.8. The third-order valence-electron chi connectivity index (χ3n) is 3.08. The largest absolute Gasteiger partial charge is 0.366 e. The number of nitrogen functional groups attached to an aromatic ring is 1. The van der Waals surface area contributed by atoms with Gasteiger partial charge in [0, 0.05) is 23.3 Å². The lowest BCUT2D eigenvalue weighted by Crippen LogP contribution is -2.04. The molecule has 0 radical (unpaired) electrons. The number of nitrogens with zero attached hydrogens (tertiary/aromatic N) is 4. The zero-order valence-corrected chi connectivity index (χ0v) is 12.3. The van der Waals surface area contributed by atoms with Crippen LogP contribution in [0.1, 0.15) is 5.56 Å². The maximum atomic E-state index is 6.14. The molecule has 3 rings (SSSR count). The molecule has 0 amide bonds. The fraction of sp³-hybridized carbons (Fsp3) is 0.0667.